The molecule has 0 saturated heterocycles. The monoisotopic (exact) mass is 271 g/mol. The van der Waals surface area contributed by atoms with E-state index in [0.29, 0.717) is 5.15 Å². The zero-order chi connectivity index (χ0) is 13.5. The SMILES string of the molecule is CCCOc1ccc(C#Cc2ccc(Cl)nc2)cc1. The third-order valence-electron chi connectivity index (χ3n) is 2.41. The molecule has 0 aliphatic rings. The van der Waals surface area contributed by atoms with Gasteiger partial charge in [-0.2, -0.15) is 0 Å². The molecule has 0 atom stereocenters. The van der Waals surface area contributed by atoms with Crippen LogP contribution in [0.4, 0.5) is 0 Å². The molecule has 1 aromatic heterocycles. The first-order chi connectivity index (χ1) is 9.28. The number of aromatic nitrogens is 1. The highest BCUT2D eigenvalue weighted by Gasteiger charge is 1.93. The second-order valence-electron chi connectivity index (χ2n) is 3.99. The van der Waals surface area contributed by atoms with E-state index >= 15 is 0 Å². The van der Waals surface area contributed by atoms with E-state index < -0.39 is 0 Å². The molecule has 2 rings (SSSR count). The number of benzene rings is 1. The first-order valence-corrected chi connectivity index (χ1v) is 6.52. The van der Waals surface area contributed by atoms with Crippen molar-refractivity contribution in [3.63, 3.8) is 0 Å². The molecule has 1 aromatic carbocycles. The van der Waals surface area contributed by atoms with Gasteiger partial charge in [0.1, 0.15) is 10.9 Å². The van der Waals surface area contributed by atoms with E-state index in [4.69, 9.17) is 16.3 Å². The molecule has 0 aliphatic carbocycles. The number of rotatable bonds is 3. The van der Waals surface area contributed by atoms with Crippen molar-refractivity contribution < 1.29 is 4.74 Å². The molecule has 19 heavy (non-hydrogen) atoms. The Labute approximate surface area is 118 Å². The second-order valence-corrected chi connectivity index (χ2v) is 4.38. The van der Waals surface area contributed by atoms with Crippen molar-refractivity contribution in [2.75, 3.05) is 6.61 Å². The van der Waals surface area contributed by atoms with Crippen LogP contribution in [0.2, 0.25) is 5.15 Å². The van der Waals surface area contributed by atoms with E-state index in [1.807, 2.05) is 30.3 Å². The van der Waals surface area contributed by atoms with Crippen molar-refractivity contribution in [2.24, 2.45) is 0 Å². The summed E-state index contributed by atoms with van der Waals surface area (Å²) < 4.78 is 5.51. The maximum atomic E-state index is 5.71. The molecule has 1 heterocycles. The molecule has 96 valence electrons. The smallest absolute Gasteiger partial charge is 0.129 e. The maximum absolute atomic E-state index is 5.71. The summed E-state index contributed by atoms with van der Waals surface area (Å²) in [6.07, 6.45) is 2.67. The van der Waals surface area contributed by atoms with Gasteiger partial charge in [-0.3, -0.25) is 0 Å². The van der Waals surface area contributed by atoms with Gasteiger partial charge in [-0.1, -0.05) is 30.4 Å². The van der Waals surface area contributed by atoms with Gasteiger partial charge in [-0.05, 0) is 42.8 Å². The van der Waals surface area contributed by atoms with Crippen molar-refractivity contribution in [3.05, 3.63) is 58.9 Å². The zero-order valence-corrected chi connectivity index (χ0v) is 11.4. The molecule has 2 aromatic rings. The minimum absolute atomic E-state index is 0.475. The molecule has 0 unspecified atom stereocenters. The van der Waals surface area contributed by atoms with Crippen LogP contribution in [0.5, 0.6) is 5.75 Å². The van der Waals surface area contributed by atoms with Crippen LogP contribution in [0.15, 0.2) is 42.6 Å². The highest BCUT2D eigenvalue weighted by atomic mass is 35.5. The molecule has 0 fully saturated rings. The lowest BCUT2D eigenvalue weighted by Crippen LogP contribution is -1.94. The van der Waals surface area contributed by atoms with Crippen LogP contribution in [0.3, 0.4) is 0 Å². The zero-order valence-electron chi connectivity index (χ0n) is 10.7. The van der Waals surface area contributed by atoms with Crippen molar-refractivity contribution in [1.82, 2.24) is 4.98 Å². The molecule has 0 amide bonds. The van der Waals surface area contributed by atoms with Crippen LogP contribution >= 0.6 is 11.6 Å². The summed E-state index contributed by atoms with van der Waals surface area (Å²) in [5, 5.41) is 0.475. The maximum Gasteiger partial charge on any atom is 0.129 e. The summed E-state index contributed by atoms with van der Waals surface area (Å²) in [5.41, 5.74) is 1.79. The topological polar surface area (TPSA) is 22.1 Å². The van der Waals surface area contributed by atoms with E-state index in [2.05, 4.69) is 23.7 Å². The average Bonchev–Trinajstić information content (AvgIpc) is 2.46. The van der Waals surface area contributed by atoms with Gasteiger partial charge in [0.05, 0.1) is 6.61 Å². The van der Waals surface area contributed by atoms with Gasteiger partial charge in [0.25, 0.3) is 0 Å². The Morgan fingerprint density at radius 1 is 1.05 bits per heavy atom. The number of pyridine rings is 1. The Hall–Kier alpha value is -1.98. The van der Waals surface area contributed by atoms with Gasteiger partial charge < -0.3 is 4.74 Å². The van der Waals surface area contributed by atoms with E-state index in [9.17, 15) is 0 Å². The lowest BCUT2D eigenvalue weighted by molar-refractivity contribution is 0.317. The summed E-state index contributed by atoms with van der Waals surface area (Å²) >= 11 is 5.71. The molecule has 2 nitrogen and oxygen atoms in total. The van der Waals surface area contributed by atoms with Crippen LogP contribution < -0.4 is 4.74 Å². The number of hydrogen-bond donors (Lipinski definition) is 0. The van der Waals surface area contributed by atoms with Gasteiger partial charge in [0.2, 0.25) is 0 Å². The van der Waals surface area contributed by atoms with E-state index in [0.717, 1.165) is 29.9 Å². The first-order valence-electron chi connectivity index (χ1n) is 6.14. The van der Waals surface area contributed by atoms with E-state index in [1.165, 1.54) is 0 Å². The Balaban J connectivity index is 2.05. The summed E-state index contributed by atoms with van der Waals surface area (Å²) in [6, 6.07) is 11.3. The second kappa shape index (κ2) is 6.82. The fraction of sp³-hybridized carbons (Fsp3) is 0.188. The van der Waals surface area contributed by atoms with Crippen molar-refractivity contribution in [1.29, 1.82) is 0 Å². The highest BCUT2D eigenvalue weighted by Crippen LogP contribution is 2.12. The fourth-order valence-corrected chi connectivity index (χ4v) is 1.56. The molecule has 3 heteroatoms. The quantitative estimate of drug-likeness (QED) is 0.623. The molecule has 0 saturated carbocycles. The molecule has 0 spiro atoms. The molecular weight excluding hydrogens is 258 g/mol. The van der Waals surface area contributed by atoms with Crippen LogP contribution in [0.1, 0.15) is 24.5 Å². The lowest BCUT2D eigenvalue weighted by atomic mass is 10.2. The minimum atomic E-state index is 0.475. The largest absolute Gasteiger partial charge is 0.494 e. The molecule has 0 bridgehead atoms. The van der Waals surface area contributed by atoms with Crippen LogP contribution in [0.25, 0.3) is 0 Å². The molecule has 0 N–H and O–H groups in total. The van der Waals surface area contributed by atoms with Gasteiger partial charge in [0, 0.05) is 17.3 Å². The van der Waals surface area contributed by atoms with Gasteiger partial charge >= 0.3 is 0 Å². The number of nitrogens with zero attached hydrogens (tertiary/aromatic N) is 1. The highest BCUT2D eigenvalue weighted by molar-refractivity contribution is 6.29. The van der Waals surface area contributed by atoms with E-state index in [1.54, 1.807) is 12.3 Å². The van der Waals surface area contributed by atoms with Gasteiger partial charge in [-0.15, -0.1) is 0 Å². The Bertz CT molecular complexity index is 579. The van der Waals surface area contributed by atoms with Gasteiger partial charge in [0.15, 0.2) is 0 Å². The van der Waals surface area contributed by atoms with Crippen molar-refractivity contribution in [3.8, 4) is 17.6 Å². The summed E-state index contributed by atoms with van der Waals surface area (Å²) in [6.45, 7) is 2.82. The van der Waals surface area contributed by atoms with Crippen molar-refractivity contribution >= 4 is 11.6 Å². The average molecular weight is 272 g/mol. The Kier molecular flexibility index (Phi) is 4.83. The van der Waals surface area contributed by atoms with Crippen LogP contribution in [-0.4, -0.2) is 11.6 Å². The summed E-state index contributed by atoms with van der Waals surface area (Å²) in [7, 11) is 0. The standard InChI is InChI=1S/C16H14ClNO/c1-2-11-19-15-8-5-13(6-9-15)3-4-14-7-10-16(17)18-12-14/h5-10,12H,2,11H2,1H3. The third kappa shape index (κ3) is 4.31. The minimum Gasteiger partial charge on any atom is -0.494 e. The third-order valence-corrected chi connectivity index (χ3v) is 2.63. The predicted molar refractivity (Wildman–Crippen MR) is 77.5 cm³/mol. The Morgan fingerprint density at radius 2 is 1.74 bits per heavy atom. The molecule has 0 aliphatic heterocycles. The normalized spacial score (nSPS) is 9.58. The molecular formula is C16H14ClNO. The fourth-order valence-electron chi connectivity index (χ4n) is 1.45. The summed E-state index contributed by atoms with van der Waals surface area (Å²) in [5.74, 6) is 6.99. The molecule has 0 radical (unpaired) electrons. The lowest BCUT2D eigenvalue weighted by Gasteiger charge is -2.03. The number of hydrogen-bond acceptors (Lipinski definition) is 2. The van der Waals surface area contributed by atoms with Crippen LogP contribution in [0, 0.1) is 11.8 Å². The van der Waals surface area contributed by atoms with Crippen LogP contribution in [-0.2, 0) is 0 Å². The van der Waals surface area contributed by atoms with E-state index in [-0.39, 0.29) is 0 Å². The Morgan fingerprint density at radius 3 is 2.37 bits per heavy atom. The first kappa shape index (κ1) is 13.5. The van der Waals surface area contributed by atoms with Gasteiger partial charge in [-0.25, -0.2) is 4.98 Å². The number of halogens is 1. The summed E-state index contributed by atoms with van der Waals surface area (Å²) in [4.78, 5) is 3.98. The predicted octanol–water partition coefficient (Wildman–Crippen LogP) is 3.92. The number of ether oxygens (including phenoxy) is 1. The van der Waals surface area contributed by atoms with Crippen molar-refractivity contribution in [2.45, 2.75) is 13.3 Å².